The first-order valence-corrected chi connectivity index (χ1v) is 9.03. The minimum atomic E-state index is -4.07. The zero-order chi connectivity index (χ0) is 17.0. The first-order valence-electron chi connectivity index (χ1n) is 7.55. The fourth-order valence-electron chi connectivity index (χ4n) is 2.77. The van der Waals surface area contributed by atoms with Crippen LogP contribution in [0, 0.1) is 11.7 Å². The molecule has 0 aromatic heterocycles. The highest BCUT2D eigenvalue weighted by Gasteiger charge is 2.31. The van der Waals surface area contributed by atoms with Crippen LogP contribution >= 0.6 is 12.4 Å². The molecular formula is C15H23ClFN3O3S. The van der Waals surface area contributed by atoms with Crippen molar-refractivity contribution in [1.29, 1.82) is 0 Å². The summed E-state index contributed by atoms with van der Waals surface area (Å²) in [6.07, 6.45) is 0.888. The van der Waals surface area contributed by atoms with Crippen LogP contribution in [-0.2, 0) is 14.8 Å². The SMILES string of the molecule is CNCC1CCN(C(=O)C(C)NS(=O)(=O)c2ccccc2F)C1.Cl. The molecule has 0 spiro atoms. The number of hydrogen-bond acceptors (Lipinski definition) is 4. The van der Waals surface area contributed by atoms with Gasteiger partial charge in [0.25, 0.3) is 0 Å². The van der Waals surface area contributed by atoms with E-state index in [-0.39, 0.29) is 18.3 Å². The first kappa shape index (κ1) is 20.8. The quantitative estimate of drug-likeness (QED) is 0.772. The fourth-order valence-corrected chi connectivity index (χ4v) is 4.05. The van der Waals surface area contributed by atoms with Gasteiger partial charge >= 0.3 is 0 Å². The molecule has 6 nitrogen and oxygen atoms in total. The lowest BCUT2D eigenvalue weighted by molar-refractivity contribution is -0.131. The summed E-state index contributed by atoms with van der Waals surface area (Å²) in [5, 5.41) is 3.07. The van der Waals surface area contributed by atoms with Crippen molar-refractivity contribution in [1.82, 2.24) is 14.9 Å². The largest absolute Gasteiger partial charge is 0.341 e. The Labute approximate surface area is 148 Å². The van der Waals surface area contributed by atoms with E-state index in [0.29, 0.717) is 19.0 Å². The van der Waals surface area contributed by atoms with Gasteiger partial charge < -0.3 is 10.2 Å². The van der Waals surface area contributed by atoms with Gasteiger partial charge in [0.2, 0.25) is 15.9 Å². The molecule has 1 heterocycles. The van der Waals surface area contributed by atoms with Crippen LogP contribution in [0.3, 0.4) is 0 Å². The molecule has 1 aromatic carbocycles. The number of benzene rings is 1. The Morgan fingerprint density at radius 3 is 2.71 bits per heavy atom. The minimum absolute atomic E-state index is 0. The highest BCUT2D eigenvalue weighted by molar-refractivity contribution is 7.89. The number of sulfonamides is 1. The molecule has 24 heavy (non-hydrogen) atoms. The smallest absolute Gasteiger partial charge is 0.244 e. The topological polar surface area (TPSA) is 78.5 Å². The van der Waals surface area contributed by atoms with Crippen molar-refractivity contribution in [2.45, 2.75) is 24.3 Å². The van der Waals surface area contributed by atoms with Gasteiger partial charge in [0.05, 0.1) is 6.04 Å². The molecular weight excluding hydrogens is 357 g/mol. The van der Waals surface area contributed by atoms with Gasteiger partial charge in [-0.05, 0) is 45.0 Å². The van der Waals surface area contributed by atoms with Crippen LogP contribution in [0.1, 0.15) is 13.3 Å². The summed E-state index contributed by atoms with van der Waals surface area (Å²) in [5.74, 6) is -0.752. The van der Waals surface area contributed by atoms with Crippen molar-refractivity contribution < 1.29 is 17.6 Å². The van der Waals surface area contributed by atoms with Gasteiger partial charge in [0.1, 0.15) is 10.7 Å². The van der Waals surface area contributed by atoms with E-state index in [1.807, 2.05) is 7.05 Å². The summed E-state index contributed by atoms with van der Waals surface area (Å²) >= 11 is 0. The second-order valence-electron chi connectivity index (χ2n) is 5.77. The zero-order valence-corrected chi connectivity index (χ0v) is 15.3. The molecule has 1 amide bonds. The molecule has 0 bridgehead atoms. The molecule has 0 aliphatic carbocycles. The Hall–Kier alpha value is -1.22. The predicted octanol–water partition coefficient (Wildman–Crippen LogP) is 0.982. The summed E-state index contributed by atoms with van der Waals surface area (Å²) < 4.78 is 40.3. The Morgan fingerprint density at radius 1 is 1.42 bits per heavy atom. The van der Waals surface area contributed by atoms with Gasteiger partial charge in [0, 0.05) is 13.1 Å². The lowest BCUT2D eigenvalue weighted by Gasteiger charge is -2.22. The number of carbonyl (C=O) groups is 1. The Bertz CT molecular complexity index is 672. The van der Waals surface area contributed by atoms with Gasteiger partial charge in [-0.1, -0.05) is 12.1 Å². The molecule has 0 saturated carbocycles. The molecule has 1 aliphatic heterocycles. The van der Waals surface area contributed by atoms with E-state index in [1.165, 1.54) is 25.1 Å². The summed E-state index contributed by atoms with van der Waals surface area (Å²) in [6.45, 7) is 3.51. The monoisotopic (exact) mass is 379 g/mol. The van der Waals surface area contributed by atoms with E-state index in [2.05, 4.69) is 10.0 Å². The molecule has 1 saturated heterocycles. The lowest BCUT2D eigenvalue weighted by Crippen LogP contribution is -2.46. The van der Waals surface area contributed by atoms with Gasteiger partial charge in [-0.15, -0.1) is 12.4 Å². The molecule has 2 rings (SSSR count). The van der Waals surface area contributed by atoms with Crippen LogP contribution in [0.5, 0.6) is 0 Å². The molecule has 0 radical (unpaired) electrons. The minimum Gasteiger partial charge on any atom is -0.341 e. The van der Waals surface area contributed by atoms with E-state index in [1.54, 1.807) is 4.90 Å². The standard InChI is InChI=1S/C15H22FN3O3S.ClH/c1-11(15(20)19-8-7-12(10-19)9-17-2)18-23(21,22)14-6-4-3-5-13(14)16;/h3-6,11-12,17-18H,7-10H2,1-2H3;1H. The Morgan fingerprint density at radius 2 is 2.08 bits per heavy atom. The number of hydrogen-bond donors (Lipinski definition) is 2. The third kappa shape index (κ3) is 4.89. The average molecular weight is 380 g/mol. The summed E-state index contributed by atoms with van der Waals surface area (Å²) in [4.78, 5) is 13.6. The summed E-state index contributed by atoms with van der Waals surface area (Å²) in [6, 6.07) is 4.16. The number of likely N-dealkylation sites (tertiary alicyclic amines) is 1. The van der Waals surface area contributed by atoms with Crippen LogP contribution in [0.4, 0.5) is 4.39 Å². The summed E-state index contributed by atoms with van der Waals surface area (Å²) in [7, 11) is -2.22. The van der Waals surface area contributed by atoms with E-state index in [0.717, 1.165) is 19.0 Å². The first-order chi connectivity index (χ1) is 10.8. The van der Waals surface area contributed by atoms with Crippen LogP contribution in [0.25, 0.3) is 0 Å². The van der Waals surface area contributed by atoms with E-state index >= 15 is 0 Å². The predicted molar refractivity (Wildman–Crippen MR) is 92.0 cm³/mol. The molecule has 2 unspecified atom stereocenters. The molecule has 136 valence electrons. The number of halogens is 2. The molecule has 1 aliphatic rings. The van der Waals surface area contributed by atoms with Crippen molar-refractivity contribution in [2.24, 2.45) is 5.92 Å². The van der Waals surface area contributed by atoms with Crippen LogP contribution in [-0.4, -0.2) is 51.9 Å². The van der Waals surface area contributed by atoms with Gasteiger partial charge in [-0.2, -0.15) is 4.72 Å². The van der Waals surface area contributed by atoms with Crippen molar-refractivity contribution in [2.75, 3.05) is 26.7 Å². The lowest BCUT2D eigenvalue weighted by atomic mass is 10.1. The average Bonchev–Trinajstić information content (AvgIpc) is 2.95. The van der Waals surface area contributed by atoms with Crippen LogP contribution in [0.2, 0.25) is 0 Å². The summed E-state index contributed by atoms with van der Waals surface area (Å²) in [5.41, 5.74) is 0. The molecule has 9 heteroatoms. The maximum absolute atomic E-state index is 13.7. The second kappa shape index (κ2) is 8.75. The van der Waals surface area contributed by atoms with Crippen molar-refractivity contribution >= 4 is 28.3 Å². The number of rotatable bonds is 6. The third-order valence-corrected chi connectivity index (χ3v) is 5.49. The van der Waals surface area contributed by atoms with Gasteiger partial charge in [-0.25, -0.2) is 12.8 Å². The van der Waals surface area contributed by atoms with Gasteiger partial charge in [-0.3, -0.25) is 4.79 Å². The van der Waals surface area contributed by atoms with E-state index in [4.69, 9.17) is 0 Å². The Kier molecular flexibility index (Phi) is 7.59. The van der Waals surface area contributed by atoms with Crippen LogP contribution < -0.4 is 10.0 Å². The maximum atomic E-state index is 13.7. The highest BCUT2D eigenvalue weighted by atomic mass is 35.5. The third-order valence-electron chi connectivity index (χ3n) is 3.92. The highest BCUT2D eigenvalue weighted by Crippen LogP contribution is 2.18. The molecule has 2 atom stereocenters. The van der Waals surface area contributed by atoms with Gasteiger partial charge in [0.15, 0.2) is 0 Å². The second-order valence-corrected chi connectivity index (χ2v) is 7.45. The van der Waals surface area contributed by atoms with Crippen molar-refractivity contribution in [3.05, 3.63) is 30.1 Å². The number of nitrogens with zero attached hydrogens (tertiary/aromatic N) is 1. The van der Waals surface area contributed by atoms with E-state index in [9.17, 15) is 17.6 Å². The van der Waals surface area contributed by atoms with Crippen molar-refractivity contribution in [3.63, 3.8) is 0 Å². The number of carbonyl (C=O) groups excluding carboxylic acids is 1. The Balaban J connectivity index is 0.00000288. The van der Waals surface area contributed by atoms with E-state index < -0.39 is 26.8 Å². The van der Waals surface area contributed by atoms with Crippen LogP contribution in [0.15, 0.2) is 29.2 Å². The van der Waals surface area contributed by atoms with Crippen molar-refractivity contribution in [3.8, 4) is 0 Å². The fraction of sp³-hybridized carbons (Fsp3) is 0.533. The number of amides is 1. The number of nitrogens with one attached hydrogen (secondary N) is 2. The zero-order valence-electron chi connectivity index (χ0n) is 13.7. The molecule has 1 fully saturated rings. The molecule has 2 N–H and O–H groups in total. The maximum Gasteiger partial charge on any atom is 0.244 e. The normalized spacial score (nSPS) is 19.0. The molecule has 1 aromatic rings.